The number of hydrogen-bond acceptors (Lipinski definition) is 3. The highest BCUT2D eigenvalue weighted by atomic mass is 35.5. The maximum absolute atomic E-state index is 11.9. The number of hydrogen-bond donors (Lipinski definition) is 2. The van der Waals surface area contributed by atoms with E-state index in [9.17, 15) is 4.79 Å². The van der Waals surface area contributed by atoms with E-state index < -0.39 is 6.04 Å². The third-order valence-corrected chi connectivity index (χ3v) is 3.03. The molecule has 1 rings (SSSR count). The Morgan fingerprint density at radius 3 is 2.43 bits per heavy atom. The molecule has 0 aromatic heterocycles. The van der Waals surface area contributed by atoms with Crippen LogP contribution >= 0.6 is 12.4 Å². The third kappa shape index (κ3) is 6.36. The third-order valence-electron chi connectivity index (χ3n) is 3.03. The van der Waals surface area contributed by atoms with E-state index in [1.807, 2.05) is 31.2 Å². The SMILES string of the molecule is CCOc1ccccc1C(CC(C)C)NC(=O)[C@H](C)N.Cl. The van der Waals surface area contributed by atoms with Crippen molar-refractivity contribution in [3.63, 3.8) is 0 Å². The highest BCUT2D eigenvalue weighted by Gasteiger charge is 2.21. The fourth-order valence-corrected chi connectivity index (χ4v) is 2.09. The summed E-state index contributed by atoms with van der Waals surface area (Å²) in [4.78, 5) is 11.9. The maximum Gasteiger partial charge on any atom is 0.237 e. The van der Waals surface area contributed by atoms with Crippen LogP contribution in [-0.4, -0.2) is 18.6 Å². The minimum absolute atomic E-state index is 0. The first-order chi connectivity index (χ1) is 9.45. The smallest absolute Gasteiger partial charge is 0.237 e. The van der Waals surface area contributed by atoms with Gasteiger partial charge in [-0.1, -0.05) is 32.0 Å². The van der Waals surface area contributed by atoms with E-state index in [0.717, 1.165) is 17.7 Å². The van der Waals surface area contributed by atoms with Gasteiger partial charge in [0, 0.05) is 5.56 Å². The summed E-state index contributed by atoms with van der Waals surface area (Å²) < 4.78 is 5.66. The number of carbonyl (C=O) groups is 1. The number of para-hydroxylation sites is 1. The zero-order valence-electron chi connectivity index (χ0n) is 13.3. The summed E-state index contributed by atoms with van der Waals surface area (Å²) in [6, 6.07) is 7.25. The number of amides is 1. The minimum Gasteiger partial charge on any atom is -0.494 e. The lowest BCUT2D eigenvalue weighted by Gasteiger charge is -2.24. The zero-order chi connectivity index (χ0) is 15.1. The van der Waals surface area contributed by atoms with E-state index >= 15 is 0 Å². The normalized spacial score (nSPS) is 13.2. The Hall–Kier alpha value is -1.26. The number of benzene rings is 1. The Kier molecular flexibility index (Phi) is 9.06. The van der Waals surface area contributed by atoms with Crippen LogP contribution in [0.3, 0.4) is 0 Å². The second-order valence-electron chi connectivity index (χ2n) is 5.45. The summed E-state index contributed by atoms with van der Waals surface area (Å²) in [6.45, 7) is 8.51. The Balaban J connectivity index is 0.00000400. The predicted molar refractivity (Wildman–Crippen MR) is 88.8 cm³/mol. The van der Waals surface area contributed by atoms with Crippen LogP contribution in [0, 0.1) is 5.92 Å². The van der Waals surface area contributed by atoms with Gasteiger partial charge in [0.15, 0.2) is 0 Å². The molecule has 0 saturated heterocycles. The molecular formula is C16H27ClN2O2. The number of nitrogens with two attached hydrogens (primary N) is 1. The molecule has 0 bridgehead atoms. The van der Waals surface area contributed by atoms with Crippen LogP contribution in [0.5, 0.6) is 5.75 Å². The fourth-order valence-electron chi connectivity index (χ4n) is 2.09. The van der Waals surface area contributed by atoms with E-state index in [1.54, 1.807) is 6.92 Å². The molecule has 5 heteroatoms. The number of carbonyl (C=O) groups excluding carboxylic acids is 1. The second kappa shape index (κ2) is 9.64. The molecule has 0 radical (unpaired) electrons. The van der Waals surface area contributed by atoms with Crippen LogP contribution in [0.25, 0.3) is 0 Å². The van der Waals surface area contributed by atoms with Crippen molar-refractivity contribution in [3.8, 4) is 5.75 Å². The Morgan fingerprint density at radius 1 is 1.29 bits per heavy atom. The van der Waals surface area contributed by atoms with Crippen molar-refractivity contribution in [3.05, 3.63) is 29.8 Å². The molecule has 21 heavy (non-hydrogen) atoms. The maximum atomic E-state index is 11.9. The van der Waals surface area contributed by atoms with Crippen molar-refractivity contribution in [1.82, 2.24) is 5.32 Å². The Bertz CT molecular complexity index is 436. The van der Waals surface area contributed by atoms with Gasteiger partial charge < -0.3 is 15.8 Å². The molecule has 0 aliphatic heterocycles. The average Bonchev–Trinajstić information content (AvgIpc) is 2.38. The van der Waals surface area contributed by atoms with Gasteiger partial charge in [-0.15, -0.1) is 12.4 Å². The molecule has 4 nitrogen and oxygen atoms in total. The molecule has 0 heterocycles. The molecule has 3 N–H and O–H groups in total. The van der Waals surface area contributed by atoms with Gasteiger partial charge in [-0.2, -0.15) is 0 Å². The summed E-state index contributed by atoms with van der Waals surface area (Å²) in [5, 5.41) is 3.02. The summed E-state index contributed by atoms with van der Waals surface area (Å²) in [5.74, 6) is 1.15. The number of ether oxygens (including phenoxy) is 1. The molecule has 0 saturated carbocycles. The average molecular weight is 315 g/mol. The van der Waals surface area contributed by atoms with E-state index in [2.05, 4.69) is 19.2 Å². The Morgan fingerprint density at radius 2 is 1.90 bits per heavy atom. The molecule has 2 atom stereocenters. The molecule has 0 aliphatic carbocycles. The summed E-state index contributed by atoms with van der Waals surface area (Å²) >= 11 is 0. The first-order valence-electron chi connectivity index (χ1n) is 7.23. The lowest BCUT2D eigenvalue weighted by atomic mass is 9.96. The highest BCUT2D eigenvalue weighted by Crippen LogP contribution is 2.29. The molecule has 1 aromatic rings. The lowest BCUT2D eigenvalue weighted by molar-refractivity contribution is -0.122. The van der Waals surface area contributed by atoms with E-state index in [0.29, 0.717) is 12.5 Å². The van der Waals surface area contributed by atoms with Crippen LogP contribution < -0.4 is 15.8 Å². The molecular weight excluding hydrogens is 288 g/mol. The number of rotatable bonds is 7. The topological polar surface area (TPSA) is 64.3 Å². The summed E-state index contributed by atoms with van der Waals surface area (Å²) in [5.41, 5.74) is 6.66. The van der Waals surface area contributed by atoms with Crippen molar-refractivity contribution >= 4 is 18.3 Å². The van der Waals surface area contributed by atoms with E-state index in [-0.39, 0.29) is 24.4 Å². The van der Waals surface area contributed by atoms with E-state index in [4.69, 9.17) is 10.5 Å². The predicted octanol–water partition coefficient (Wildman–Crippen LogP) is 3.06. The van der Waals surface area contributed by atoms with Crippen LogP contribution in [0.1, 0.15) is 45.7 Å². The van der Waals surface area contributed by atoms with Crippen molar-refractivity contribution in [2.24, 2.45) is 11.7 Å². The molecule has 0 spiro atoms. The summed E-state index contributed by atoms with van der Waals surface area (Å²) in [6.07, 6.45) is 0.850. The summed E-state index contributed by atoms with van der Waals surface area (Å²) in [7, 11) is 0. The molecule has 0 aliphatic rings. The van der Waals surface area contributed by atoms with E-state index in [1.165, 1.54) is 0 Å². The Labute approximate surface area is 133 Å². The van der Waals surface area contributed by atoms with Gasteiger partial charge in [0.2, 0.25) is 5.91 Å². The van der Waals surface area contributed by atoms with Gasteiger partial charge >= 0.3 is 0 Å². The zero-order valence-corrected chi connectivity index (χ0v) is 14.1. The van der Waals surface area contributed by atoms with Crippen molar-refractivity contribution in [2.75, 3.05) is 6.61 Å². The molecule has 1 aromatic carbocycles. The van der Waals surface area contributed by atoms with Gasteiger partial charge in [-0.3, -0.25) is 4.79 Å². The minimum atomic E-state index is -0.510. The molecule has 1 unspecified atom stereocenters. The second-order valence-corrected chi connectivity index (χ2v) is 5.45. The number of halogens is 1. The van der Waals surface area contributed by atoms with Crippen molar-refractivity contribution in [1.29, 1.82) is 0 Å². The van der Waals surface area contributed by atoms with Gasteiger partial charge in [0.25, 0.3) is 0 Å². The first-order valence-corrected chi connectivity index (χ1v) is 7.23. The van der Waals surface area contributed by atoms with Crippen LogP contribution in [0.15, 0.2) is 24.3 Å². The molecule has 0 fully saturated rings. The largest absolute Gasteiger partial charge is 0.494 e. The van der Waals surface area contributed by atoms with Crippen LogP contribution in [0.2, 0.25) is 0 Å². The van der Waals surface area contributed by atoms with Crippen molar-refractivity contribution in [2.45, 2.75) is 46.2 Å². The van der Waals surface area contributed by atoms with Gasteiger partial charge in [-0.25, -0.2) is 0 Å². The van der Waals surface area contributed by atoms with Gasteiger partial charge in [0.05, 0.1) is 18.7 Å². The standard InChI is InChI=1S/C16H26N2O2.ClH/c1-5-20-15-9-7-6-8-13(15)14(10-11(2)3)18-16(19)12(4)17;/h6-9,11-12,14H,5,10,17H2,1-4H3,(H,18,19);1H/t12-,14?;/m0./s1. The lowest BCUT2D eigenvalue weighted by Crippen LogP contribution is -2.40. The van der Waals surface area contributed by atoms with Crippen LogP contribution in [0.4, 0.5) is 0 Å². The quantitative estimate of drug-likeness (QED) is 0.813. The molecule has 1 amide bonds. The fraction of sp³-hybridized carbons (Fsp3) is 0.562. The van der Waals surface area contributed by atoms with Gasteiger partial charge in [-0.05, 0) is 32.3 Å². The highest BCUT2D eigenvalue weighted by molar-refractivity contribution is 5.85. The van der Waals surface area contributed by atoms with Gasteiger partial charge in [0.1, 0.15) is 5.75 Å². The monoisotopic (exact) mass is 314 g/mol. The van der Waals surface area contributed by atoms with Crippen molar-refractivity contribution < 1.29 is 9.53 Å². The first kappa shape index (κ1) is 19.7. The van der Waals surface area contributed by atoms with Crippen LogP contribution in [-0.2, 0) is 4.79 Å². The molecule has 120 valence electrons. The number of nitrogens with one attached hydrogen (secondary N) is 1.